The molecule has 4 rings (SSSR count). The zero-order valence-corrected chi connectivity index (χ0v) is 24.0. The van der Waals surface area contributed by atoms with E-state index in [0.717, 1.165) is 11.3 Å². The van der Waals surface area contributed by atoms with E-state index in [1.807, 2.05) is 0 Å². The molecule has 7 N–H and O–H groups in total. The first-order valence-corrected chi connectivity index (χ1v) is 13.5. The maximum absolute atomic E-state index is 13.1. The highest BCUT2D eigenvalue weighted by Crippen LogP contribution is 2.48. The van der Waals surface area contributed by atoms with Gasteiger partial charge in [-0.25, -0.2) is 10.1 Å². The molecule has 39 heavy (non-hydrogen) atoms. The summed E-state index contributed by atoms with van der Waals surface area (Å²) in [5.74, 6) is 0.233. The number of hydrogen-bond acceptors (Lipinski definition) is 14. The van der Waals surface area contributed by atoms with Crippen LogP contribution in [0.5, 0.6) is 0 Å². The molecule has 2 aliphatic heterocycles. The number of rotatable bonds is 11. The number of thioether (sulfide) groups is 2. The van der Waals surface area contributed by atoms with Gasteiger partial charge in [-0.3, -0.25) is 14.4 Å². The number of halogens is 2. The number of carbonyl (C=O) groups excluding carboxylic acids is 2. The normalized spacial score (nSPS) is 22.7. The lowest BCUT2D eigenvalue weighted by Crippen LogP contribution is -2.75. The van der Waals surface area contributed by atoms with Gasteiger partial charge in [-0.15, -0.1) is 59.4 Å². The van der Waals surface area contributed by atoms with Gasteiger partial charge in [0.15, 0.2) is 17.5 Å². The van der Waals surface area contributed by atoms with Crippen LogP contribution in [0.1, 0.15) is 12.1 Å². The van der Waals surface area contributed by atoms with E-state index in [1.54, 1.807) is 0 Å². The van der Waals surface area contributed by atoms with Crippen molar-refractivity contribution in [3.63, 3.8) is 0 Å². The number of anilines is 1. The summed E-state index contributed by atoms with van der Waals surface area (Å²) < 4.78 is 0. The van der Waals surface area contributed by atoms with Crippen molar-refractivity contribution in [2.75, 3.05) is 31.2 Å². The third-order valence-corrected chi connectivity index (χ3v) is 9.32. The summed E-state index contributed by atoms with van der Waals surface area (Å²) in [5.41, 5.74) is 10.1. The molecule has 4 atom stereocenters. The fraction of sp³-hybridized carbons (Fsp3) is 0.474. The molecule has 0 bridgehead atoms. The Morgan fingerprint density at radius 2 is 2.26 bits per heavy atom. The van der Waals surface area contributed by atoms with Gasteiger partial charge in [0, 0.05) is 22.9 Å². The number of aliphatic carboxylic acids is 1. The number of nitrogens with two attached hydrogens (primary N) is 2. The quantitative estimate of drug-likeness (QED) is 0.0518. The van der Waals surface area contributed by atoms with Crippen molar-refractivity contribution in [3.8, 4) is 12.3 Å². The zero-order chi connectivity index (χ0) is 26.6. The first-order chi connectivity index (χ1) is 17.8. The number of tetrazole rings is 1. The van der Waals surface area contributed by atoms with Gasteiger partial charge in [-0.05, 0) is 23.4 Å². The topological polar surface area (TPSA) is 228 Å². The molecule has 2 saturated heterocycles. The number of nitrogens with zero attached hydrogens (tertiary/aromatic N) is 6. The van der Waals surface area contributed by atoms with Crippen LogP contribution in [0.15, 0.2) is 15.7 Å². The number of H-pyrrole nitrogens is 1. The number of carboxylic acid groups (broad SMARTS) is 1. The number of thiazole rings is 1. The first kappa shape index (κ1) is 32.4. The summed E-state index contributed by atoms with van der Waals surface area (Å²) in [4.78, 5) is 49.1. The number of aromatic amines is 1. The van der Waals surface area contributed by atoms with E-state index in [9.17, 15) is 19.5 Å². The number of nitrogen functional groups attached to an aromatic ring is 1. The Morgan fingerprint density at radius 3 is 2.85 bits per heavy atom. The van der Waals surface area contributed by atoms with Gasteiger partial charge >= 0.3 is 5.97 Å². The summed E-state index contributed by atoms with van der Waals surface area (Å²) in [6.07, 6.45) is 5.52. The minimum absolute atomic E-state index is 0. The van der Waals surface area contributed by atoms with Crippen molar-refractivity contribution >= 4 is 88.3 Å². The van der Waals surface area contributed by atoms with Crippen molar-refractivity contribution in [1.82, 2.24) is 35.8 Å². The molecule has 0 radical (unpaired) electrons. The number of carbonyl (C=O) groups is 3. The molecule has 0 saturated carbocycles. The largest absolute Gasteiger partial charge is 0.481 e. The van der Waals surface area contributed by atoms with Gasteiger partial charge in [0.25, 0.3) is 5.91 Å². The van der Waals surface area contributed by atoms with Crippen LogP contribution in [0.4, 0.5) is 5.13 Å². The fourth-order valence-electron chi connectivity index (χ4n) is 3.94. The monoisotopic (exact) mass is 638 g/mol. The van der Waals surface area contributed by atoms with Gasteiger partial charge in [-0.1, -0.05) is 22.8 Å². The Balaban J connectivity index is 0.00000267. The third kappa shape index (κ3) is 6.67. The van der Waals surface area contributed by atoms with Crippen LogP contribution in [-0.2, 0) is 19.2 Å². The van der Waals surface area contributed by atoms with Crippen molar-refractivity contribution in [2.45, 2.75) is 28.2 Å². The van der Waals surface area contributed by atoms with Gasteiger partial charge in [0.1, 0.15) is 22.5 Å². The molecule has 212 valence electrons. The Morgan fingerprint density at radius 1 is 1.49 bits per heavy atom. The van der Waals surface area contributed by atoms with Crippen LogP contribution in [0.25, 0.3) is 0 Å². The Kier molecular flexibility index (Phi) is 11.6. The number of terminal acetylenes is 1. The van der Waals surface area contributed by atoms with E-state index in [4.69, 9.17) is 22.7 Å². The molecule has 2 aliphatic rings. The van der Waals surface area contributed by atoms with Gasteiger partial charge in [-0.2, -0.15) is 0 Å². The number of aromatic nitrogens is 5. The second-order valence-corrected chi connectivity index (χ2v) is 11.1. The molecular formula is C19H24Cl2N10O5S3. The van der Waals surface area contributed by atoms with E-state index < -0.39 is 39.9 Å². The first-order valence-electron chi connectivity index (χ1n) is 10.7. The van der Waals surface area contributed by atoms with Crippen molar-refractivity contribution < 1.29 is 24.3 Å². The Labute approximate surface area is 246 Å². The number of nitrogens with one attached hydrogen (secondary N) is 2. The van der Waals surface area contributed by atoms with Crippen molar-refractivity contribution in [1.29, 1.82) is 0 Å². The standard InChI is InChI=1S/C19H22N10O5S3.2ClH/c1-2-5-34-26-11(9-6-35-17(21)22-9)13(30)23-12-14(31)29-7-19(16(32)33,8-36-15(12)29)10(3-4-20)37-18-24-27-28-25-18;;/h1,6,10,12,15H,3-5,7-8,20H2,(H2,21,22)(H,23,30)(H,32,33)(H,24,25,27,28);2*1H/t10?,12?,15-,19?;;/m1../s1. The van der Waals surface area contributed by atoms with Crippen molar-refractivity contribution in [2.24, 2.45) is 16.3 Å². The SMILES string of the molecule is C#CCON=C(C(=O)NC1C(=O)N2CC(C(=O)O)(C(CCN)Sc3nnn[nH]3)CS[C@H]12)c1csc(N)n1.Cl.Cl. The van der Waals surface area contributed by atoms with E-state index in [1.165, 1.54) is 33.8 Å². The highest BCUT2D eigenvalue weighted by molar-refractivity contribution is 8.01. The molecule has 2 fully saturated rings. The predicted molar refractivity (Wildman–Crippen MR) is 150 cm³/mol. The lowest BCUT2D eigenvalue weighted by molar-refractivity contribution is -0.158. The number of β-lactam (4-membered cyclic amide) rings is 1. The smallest absolute Gasteiger partial charge is 0.313 e. The summed E-state index contributed by atoms with van der Waals surface area (Å²) in [7, 11) is 0. The van der Waals surface area contributed by atoms with Crippen LogP contribution >= 0.6 is 59.7 Å². The molecule has 2 aromatic heterocycles. The van der Waals surface area contributed by atoms with Gasteiger partial charge in [0.2, 0.25) is 11.1 Å². The van der Waals surface area contributed by atoms with E-state index in [2.05, 4.69) is 42.0 Å². The number of oxime groups is 1. The second-order valence-electron chi connectivity index (χ2n) is 7.96. The maximum atomic E-state index is 13.1. The minimum Gasteiger partial charge on any atom is -0.481 e. The van der Waals surface area contributed by atoms with Crippen LogP contribution in [0.2, 0.25) is 0 Å². The number of hydrogen-bond donors (Lipinski definition) is 5. The van der Waals surface area contributed by atoms with Crippen LogP contribution in [0.3, 0.4) is 0 Å². The lowest BCUT2D eigenvalue weighted by atomic mass is 9.82. The molecule has 15 nitrogen and oxygen atoms in total. The van der Waals surface area contributed by atoms with Crippen LogP contribution in [-0.4, -0.2) is 101 Å². The Bertz CT molecular complexity index is 1240. The second kappa shape index (κ2) is 14.0. The molecule has 2 amide bonds. The number of fused-ring (bicyclic) bond motifs is 1. The van der Waals surface area contributed by atoms with Gasteiger partial charge < -0.3 is 31.6 Å². The minimum atomic E-state index is -1.31. The van der Waals surface area contributed by atoms with E-state index >= 15 is 0 Å². The fourth-order valence-corrected chi connectivity index (χ4v) is 7.39. The molecule has 3 unspecified atom stereocenters. The maximum Gasteiger partial charge on any atom is 0.313 e. The summed E-state index contributed by atoms with van der Waals surface area (Å²) >= 11 is 3.54. The third-order valence-electron chi connectivity index (χ3n) is 5.73. The summed E-state index contributed by atoms with van der Waals surface area (Å²) in [6.45, 7) is 0.00759. The summed E-state index contributed by atoms with van der Waals surface area (Å²) in [5, 5.41) is 31.3. The molecule has 2 aromatic rings. The summed E-state index contributed by atoms with van der Waals surface area (Å²) in [6, 6.07) is -0.891. The van der Waals surface area contributed by atoms with Crippen molar-refractivity contribution in [3.05, 3.63) is 11.1 Å². The lowest BCUT2D eigenvalue weighted by Gasteiger charge is -2.55. The average Bonchev–Trinajstić information content (AvgIpc) is 3.56. The molecule has 0 aliphatic carbocycles. The highest BCUT2D eigenvalue weighted by Gasteiger charge is 2.60. The number of carboxylic acids is 1. The predicted octanol–water partition coefficient (Wildman–Crippen LogP) is -0.583. The van der Waals surface area contributed by atoms with Gasteiger partial charge in [0.05, 0.1) is 0 Å². The average molecular weight is 640 g/mol. The molecule has 20 heteroatoms. The molecule has 0 aromatic carbocycles. The molecule has 0 spiro atoms. The zero-order valence-electron chi connectivity index (χ0n) is 19.9. The molecule has 4 heterocycles. The van der Waals surface area contributed by atoms with E-state index in [-0.39, 0.29) is 66.8 Å². The molecular weight excluding hydrogens is 615 g/mol. The Hall–Kier alpha value is -2.82. The van der Waals surface area contributed by atoms with E-state index in [0.29, 0.717) is 11.6 Å². The number of amides is 2. The highest BCUT2D eigenvalue weighted by atomic mass is 35.5. The van der Waals surface area contributed by atoms with Crippen LogP contribution < -0.4 is 16.8 Å². The van der Waals surface area contributed by atoms with Crippen LogP contribution in [0, 0.1) is 17.8 Å².